The second-order valence-electron chi connectivity index (χ2n) is 6.67. The molecule has 0 bridgehead atoms. The van der Waals surface area contributed by atoms with Crippen LogP contribution in [0.4, 0.5) is 4.39 Å². The zero-order valence-corrected chi connectivity index (χ0v) is 15.8. The van der Waals surface area contributed by atoms with Crippen molar-refractivity contribution >= 4 is 0 Å². The van der Waals surface area contributed by atoms with Crippen LogP contribution in [0.5, 0.6) is 17.2 Å². The number of aliphatic hydroxyl groups excluding tert-OH is 2. The van der Waals surface area contributed by atoms with E-state index in [2.05, 4.69) is 4.98 Å². The molecule has 0 radical (unpaired) electrons. The number of benzene rings is 2. The number of rotatable bonds is 7. The van der Waals surface area contributed by atoms with Gasteiger partial charge in [-0.15, -0.1) is 0 Å². The van der Waals surface area contributed by atoms with Crippen LogP contribution in [-0.4, -0.2) is 46.4 Å². The molecule has 1 aromatic heterocycles. The Hall–Kier alpha value is -3.10. The summed E-state index contributed by atoms with van der Waals surface area (Å²) in [6.07, 6.45) is 1.16. The number of fused-ring (bicyclic) bond motifs is 1. The van der Waals surface area contributed by atoms with Crippen LogP contribution in [0.15, 0.2) is 42.7 Å². The van der Waals surface area contributed by atoms with Gasteiger partial charge in [-0.05, 0) is 36.8 Å². The summed E-state index contributed by atoms with van der Waals surface area (Å²) in [6.45, 7) is 0.236. The molecule has 1 unspecified atom stereocenters. The van der Waals surface area contributed by atoms with E-state index < -0.39 is 6.10 Å². The van der Waals surface area contributed by atoms with Gasteiger partial charge in [0.05, 0.1) is 37.5 Å². The standard InChI is InChI=1S/C21H21FN2O5/c1-27-17-9-19-18(28-12-29-19)8-16(17)21-20(13-2-4-14(22)5-3-13)23-11-24(21)7-6-15(26)10-25/h2-5,8-9,11,15,25-26H,6-7,10,12H2,1H3. The number of hydrogen-bond donors (Lipinski definition) is 2. The van der Waals surface area contributed by atoms with E-state index in [1.54, 1.807) is 31.6 Å². The van der Waals surface area contributed by atoms with E-state index in [0.717, 1.165) is 16.8 Å². The highest BCUT2D eigenvalue weighted by molar-refractivity contribution is 5.83. The lowest BCUT2D eigenvalue weighted by Gasteiger charge is -2.15. The minimum absolute atomic E-state index is 0.134. The van der Waals surface area contributed by atoms with E-state index in [9.17, 15) is 9.50 Å². The molecule has 2 aromatic carbocycles. The van der Waals surface area contributed by atoms with Gasteiger partial charge in [0.25, 0.3) is 0 Å². The zero-order chi connectivity index (χ0) is 20.4. The summed E-state index contributed by atoms with van der Waals surface area (Å²) in [5, 5.41) is 18.9. The van der Waals surface area contributed by atoms with E-state index in [1.165, 1.54) is 12.1 Å². The van der Waals surface area contributed by atoms with Gasteiger partial charge in [0.1, 0.15) is 11.6 Å². The highest BCUT2D eigenvalue weighted by Gasteiger charge is 2.24. The lowest BCUT2D eigenvalue weighted by atomic mass is 10.0. The van der Waals surface area contributed by atoms with E-state index >= 15 is 0 Å². The van der Waals surface area contributed by atoms with Gasteiger partial charge in [0.15, 0.2) is 11.5 Å². The molecule has 8 heteroatoms. The molecule has 2 heterocycles. The molecule has 1 aliphatic rings. The Labute approximate surface area is 166 Å². The number of aryl methyl sites for hydroxylation is 1. The van der Waals surface area contributed by atoms with Gasteiger partial charge < -0.3 is 29.0 Å². The Morgan fingerprint density at radius 2 is 1.93 bits per heavy atom. The molecule has 0 spiro atoms. The minimum Gasteiger partial charge on any atom is -0.496 e. The second-order valence-corrected chi connectivity index (χ2v) is 6.67. The highest BCUT2D eigenvalue weighted by atomic mass is 19.1. The Bertz CT molecular complexity index is 1000. The largest absolute Gasteiger partial charge is 0.496 e. The fourth-order valence-corrected chi connectivity index (χ4v) is 3.31. The average Bonchev–Trinajstić information content (AvgIpc) is 3.37. The van der Waals surface area contributed by atoms with Crippen molar-refractivity contribution in [3.05, 3.63) is 48.5 Å². The first-order valence-electron chi connectivity index (χ1n) is 9.18. The molecule has 152 valence electrons. The van der Waals surface area contributed by atoms with Crippen molar-refractivity contribution < 1.29 is 28.8 Å². The minimum atomic E-state index is -0.835. The second kappa shape index (κ2) is 8.10. The third-order valence-electron chi connectivity index (χ3n) is 4.82. The van der Waals surface area contributed by atoms with Crippen LogP contribution in [0.1, 0.15) is 6.42 Å². The van der Waals surface area contributed by atoms with Crippen LogP contribution in [0.3, 0.4) is 0 Å². The van der Waals surface area contributed by atoms with Gasteiger partial charge in [-0.3, -0.25) is 0 Å². The highest BCUT2D eigenvalue weighted by Crippen LogP contribution is 2.44. The first-order valence-corrected chi connectivity index (χ1v) is 9.18. The van der Waals surface area contributed by atoms with Gasteiger partial charge in [0.2, 0.25) is 6.79 Å². The Morgan fingerprint density at radius 3 is 2.62 bits per heavy atom. The first kappa shape index (κ1) is 19.2. The van der Waals surface area contributed by atoms with Crippen LogP contribution in [0.25, 0.3) is 22.5 Å². The van der Waals surface area contributed by atoms with Crippen molar-refractivity contribution in [1.29, 1.82) is 0 Å². The number of aromatic nitrogens is 2. The third kappa shape index (κ3) is 3.76. The van der Waals surface area contributed by atoms with Crippen LogP contribution in [0.2, 0.25) is 0 Å². The van der Waals surface area contributed by atoms with E-state index in [4.69, 9.17) is 19.3 Å². The van der Waals surface area contributed by atoms with Gasteiger partial charge in [0, 0.05) is 23.7 Å². The Kier molecular flexibility index (Phi) is 5.37. The quantitative estimate of drug-likeness (QED) is 0.634. The van der Waals surface area contributed by atoms with Crippen LogP contribution in [0, 0.1) is 5.82 Å². The smallest absolute Gasteiger partial charge is 0.231 e. The molecular weight excluding hydrogens is 379 g/mol. The van der Waals surface area contributed by atoms with Crippen molar-refractivity contribution in [2.45, 2.75) is 19.1 Å². The van der Waals surface area contributed by atoms with Crippen LogP contribution in [-0.2, 0) is 6.54 Å². The number of nitrogens with zero attached hydrogens (tertiary/aromatic N) is 2. The van der Waals surface area contributed by atoms with Crippen molar-refractivity contribution in [2.24, 2.45) is 0 Å². The number of ether oxygens (including phenoxy) is 3. The molecule has 3 aromatic rings. The molecule has 0 amide bonds. The molecule has 4 rings (SSSR count). The fourth-order valence-electron chi connectivity index (χ4n) is 3.31. The van der Waals surface area contributed by atoms with Crippen molar-refractivity contribution in [3.8, 4) is 39.8 Å². The van der Waals surface area contributed by atoms with Crippen LogP contribution < -0.4 is 14.2 Å². The zero-order valence-electron chi connectivity index (χ0n) is 15.8. The number of halogens is 1. The molecule has 7 nitrogen and oxygen atoms in total. The lowest BCUT2D eigenvalue weighted by Crippen LogP contribution is -2.15. The summed E-state index contributed by atoms with van der Waals surface area (Å²) >= 11 is 0. The summed E-state index contributed by atoms with van der Waals surface area (Å²) in [5.74, 6) is 1.42. The maximum absolute atomic E-state index is 13.4. The predicted molar refractivity (Wildman–Crippen MR) is 103 cm³/mol. The maximum atomic E-state index is 13.4. The molecule has 2 N–H and O–H groups in total. The summed E-state index contributed by atoms with van der Waals surface area (Å²) in [7, 11) is 1.56. The SMILES string of the molecule is COc1cc2c(cc1-c1c(-c3ccc(F)cc3)ncn1CCC(O)CO)OCO2. The molecular formula is C21H21FN2O5. The first-order chi connectivity index (χ1) is 14.1. The van der Waals surface area contributed by atoms with E-state index in [1.807, 2.05) is 10.6 Å². The average molecular weight is 400 g/mol. The fraction of sp³-hybridized carbons (Fsp3) is 0.286. The topological polar surface area (TPSA) is 86.0 Å². The summed E-state index contributed by atoms with van der Waals surface area (Å²) in [6, 6.07) is 9.66. The molecule has 0 saturated carbocycles. The van der Waals surface area contributed by atoms with Crippen molar-refractivity contribution in [1.82, 2.24) is 9.55 Å². The molecule has 0 aliphatic carbocycles. The van der Waals surface area contributed by atoms with Crippen molar-refractivity contribution in [3.63, 3.8) is 0 Å². The third-order valence-corrected chi connectivity index (χ3v) is 4.82. The van der Waals surface area contributed by atoms with Gasteiger partial charge in [-0.1, -0.05) is 0 Å². The lowest BCUT2D eigenvalue weighted by molar-refractivity contribution is 0.0847. The van der Waals surface area contributed by atoms with Gasteiger partial charge in [-0.2, -0.15) is 0 Å². The summed E-state index contributed by atoms with van der Waals surface area (Å²) in [4.78, 5) is 4.53. The summed E-state index contributed by atoms with van der Waals surface area (Å²) < 4.78 is 31.8. The van der Waals surface area contributed by atoms with E-state index in [-0.39, 0.29) is 19.2 Å². The monoisotopic (exact) mass is 400 g/mol. The molecule has 0 saturated heterocycles. The van der Waals surface area contributed by atoms with Crippen LogP contribution >= 0.6 is 0 Å². The number of aliphatic hydroxyl groups is 2. The van der Waals surface area contributed by atoms with E-state index in [0.29, 0.717) is 35.9 Å². The number of methoxy groups -OCH3 is 1. The molecule has 1 atom stereocenters. The summed E-state index contributed by atoms with van der Waals surface area (Å²) in [5.41, 5.74) is 2.84. The molecule has 29 heavy (non-hydrogen) atoms. The Morgan fingerprint density at radius 1 is 1.21 bits per heavy atom. The normalized spacial score (nSPS) is 13.5. The maximum Gasteiger partial charge on any atom is 0.231 e. The Balaban J connectivity index is 1.85. The van der Waals surface area contributed by atoms with Crippen molar-refractivity contribution in [2.75, 3.05) is 20.5 Å². The predicted octanol–water partition coefficient (Wildman–Crippen LogP) is 2.84. The number of imidazole rings is 1. The van der Waals surface area contributed by atoms with Gasteiger partial charge in [-0.25, -0.2) is 9.37 Å². The number of hydrogen-bond acceptors (Lipinski definition) is 6. The van der Waals surface area contributed by atoms with Gasteiger partial charge >= 0.3 is 0 Å². The molecule has 1 aliphatic heterocycles. The molecule has 0 fully saturated rings.